The number of hydrogen-bond acceptors (Lipinski definition) is 5. The predicted molar refractivity (Wildman–Crippen MR) is 149 cm³/mol. The van der Waals surface area contributed by atoms with Gasteiger partial charge in [-0.1, -0.05) is 41.4 Å². The zero-order valence-corrected chi connectivity index (χ0v) is 23.7. The molecule has 0 aliphatic heterocycles. The number of anilines is 1. The normalized spacial score (nSPS) is 11.9. The molecule has 1 atom stereocenters. The van der Waals surface area contributed by atoms with Gasteiger partial charge in [0, 0.05) is 18.1 Å². The van der Waals surface area contributed by atoms with Gasteiger partial charge in [0.2, 0.25) is 11.8 Å². The van der Waals surface area contributed by atoms with E-state index in [2.05, 4.69) is 5.32 Å². The van der Waals surface area contributed by atoms with E-state index in [9.17, 15) is 22.4 Å². The number of carbonyl (C=O) groups is 2. The fourth-order valence-electron chi connectivity index (χ4n) is 3.90. The molecule has 2 amide bonds. The first-order chi connectivity index (χ1) is 18.5. The van der Waals surface area contributed by atoms with Crippen molar-refractivity contribution >= 4 is 39.1 Å². The first-order valence-corrected chi connectivity index (χ1v) is 14.0. The zero-order chi connectivity index (χ0) is 28.7. The minimum Gasteiger partial charge on any atom is -0.495 e. The van der Waals surface area contributed by atoms with Crippen molar-refractivity contribution in [2.24, 2.45) is 0 Å². The monoisotopic (exact) mass is 575 g/mol. The van der Waals surface area contributed by atoms with Gasteiger partial charge in [0.05, 0.1) is 17.7 Å². The quantitative estimate of drug-likeness (QED) is 0.362. The van der Waals surface area contributed by atoms with Crippen LogP contribution in [0.2, 0.25) is 5.02 Å². The van der Waals surface area contributed by atoms with Crippen molar-refractivity contribution in [2.75, 3.05) is 24.5 Å². The smallest absolute Gasteiger partial charge is 0.264 e. The van der Waals surface area contributed by atoms with Gasteiger partial charge in [0.1, 0.15) is 24.2 Å². The van der Waals surface area contributed by atoms with Gasteiger partial charge in [0.25, 0.3) is 10.0 Å². The van der Waals surface area contributed by atoms with Crippen LogP contribution in [-0.4, -0.2) is 51.4 Å². The zero-order valence-electron chi connectivity index (χ0n) is 22.1. The van der Waals surface area contributed by atoms with Crippen LogP contribution in [0.5, 0.6) is 5.75 Å². The predicted octanol–water partition coefficient (Wildman–Crippen LogP) is 4.54. The van der Waals surface area contributed by atoms with Crippen LogP contribution in [0.25, 0.3) is 0 Å². The van der Waals surface area contributed by atoms with Crippen molar-refractivity contribution in [2.45, 2.75) is 38.3 Å². The molecule has 3 aromatic carbocycles. The maximum atomic E-state index is 13.9. The van der Waals surface area contributed by atoms with E-state index < -0.39 is 40.2 Å². The third kappa shape index (κ3) is 7.27. The second kappa shape index (κ2) is 12.9. The summed E-state index contributed by atoms with van der Waals surface area (Å²) in [5.41, 5.74) is 1.48. The van der Waals surface area contributed by atoms with Crippen LogP contribution >= 0.6 is 11.6 Å². The summed E-state index contributed by atoms with van der Waals surface area (Å²) >= 11 is 6.22. The topological polar surface area (TPSA) is 96.0 Å². The number of likely N-dealkylation sites (N-methyl/N-ethyl adjacent to an activating group) is 1. The number of ether oxygens (including phenoxy) is 1. The fraction of sp³-hybridized carbons (Fsp3) is 0.286. The second-order valence-electron chi connectivity index (χ2n) is 8.86. The molecule has 0 aromatic heterocycles. The Morgan fingerprint density at radius 1 is 1.05 bits per heavy atom. The number of halogens is 2. The van der Waals surface area contributed by atoms with E-state index in [1.807, 2.05) is 6.92 Å². The molecule has 0 saturated heterocycles. The minimum absolute atomic E-state index is 0.0372. The number of carbonyl (C=O) groups excluding carboxylic acids is 2. The third-order valence-corrected chi connectivity index (χ3v) is 8.09. The van der Waals surface area contributed by atoms with E-state index in [4.69, 9.17) is 16.3 Å². The van der Waals surface area contributed by atoms with Crippen molar-refractivity contribution in [3.63, 3.8) is 0 Å². The molecule has 8 nitrogen and oxygen atoms in total. The van der Waals surface area contributed by atoms with Crippen LogP contribution in [0.3, 0.4) is 0 Å². The Hall–Kier alpha value is -3.63. The molecule has 0 heterocycles. The van der Waals surface area contributed by atoms with Crippen LogP contribution in [-0.2, 0) is 26.2 Å². The lowest BCUT2D eigenvalue weighted by atomic mass is 10.1. The molecular weight excluding hydrogens is 545 g/mol. The lowest BCUT2D eigenvalue weighted by Gasteiger charge is -2.32. The van der Waals surface area contributed by atoms with Crippen LogP contribution < -0.4 is 14.4 Å². The van der Waals surface area contributed by atoms with Crippen molar-refractivity contribution in [1.82, 2.24) is 10.2 Å². The van der Waals surface area contributed by atoms with Crippen molar-refractivity contribution in [3.05, 3.63) is 88.7 Å². The summed E-state index contributed by atoms with van der Waals surface area (Å²) in [6.45, 7) is 4.76. The molecule has 208 valence electrons. The Balaban J connectivity index is 2.09. The Labute approximate surface area is 233 Å². The van der Waals surface area contributed by atoms with Gasteiger partial charge in [0.15, 0.2) is 0 Å². The van der Waals surface area contributed by atoms with Gasteiger partial charge < -0.3 is 15.0 Å². The summed E-state index contributed by atoms with van der Waals surface area (Å²) in [4.78, 5) is 27.8. The average Bonchev–Trinajstić information content (AvgIpc) is 2.91. The molecule has 1 unspecified atom stereocenters. The minimum atomic E-state index is -4.29. The van der Waals surface area contributed by atoms with Gasteiger partial charge in [-0.15, -0.1) is 0 Å². The number of benzene rings is 3. The highest BCUT2D eigenvalue weighted by Gasteiger charge is 2.34. The molecular formula is C28H31ClFN3O5S. The molecule has 1 N–H and O–H groups in total. The summed E-state index contributed by atoms with van der Waals surface area (Å²) in [6.07, 6.45) is 0. The van der Waals surface area contributed by atoms with Crippen molar-refractivity contribution in [1.29, 1.82) is 0 Å². The largest absolute Gasteiger partial charge is 0.495 e. The molecule has 0 bridgehead atoms. The van der Waals surface area contributed by atoms with Gasteiger partial charge in [-0.25, -0.2) is 12.8 Å². The number of nitrogens with zero attached hydrogens (tertiary/aromatic N) is 2. The molecule has 0 radical (unpaired) electrons. The molecule has 3 rings (SSSR count). The van der Waals surface area contributed by atoms with Gasteiger partial charge in [-0.3, -0.25) is 13.9 Å². The summed E-state index contributed by atoms with van der Waals surface area (Å²) in [5, 5.41) is 2.92. The standard InChI is InChI=1S/C28H31ClFN3O5S/c1-5-31-28(35)20(3)32(17-21-8-11-23(30)12-9-21)27(34)18-33(25-16-22(29)10-15-26(25)38-4)39(36,37)24-13-6-19(2)7-14-24/h6-16,20H,5,17-18H2,1-4H3,(H,31,35). The molecule has 0 fully saturated rings. The molecule has 0 aliphatic rings. The van der Waals surface area contributed by atoms with Crippen LogP contribution in [0, 0.1) is 12.7 Å². The number of hydrogen-bond donors (Lipinski definition) is 1. The lowest BCUT2D eigenvalue weighted by molar-refractivity contribution is -0.139. The number of aryl methyl sites for hydroxylation is 1. The Bertz CT molecular complexity index is 1420. The van der Waals surface area contributed by atoms with Gasteiger partial charge in [-0.2, -0.15) is 0 Å². The van der Waals surface area contributed by atoms with Gasteiger partial charge >= 0.3 is 0 Å². The summed E-state index contributed by atoms with van der Waals surface area (Å²) in [5.74, 6) is -1.33. The molecule has 3 aromatic rings. The fourth-order valence-corrected chi connectivity index (χ4v) is 5.48. The van der Waals surface area contributed by atoms with E-state index >= 15 is 0 Å². The highest BCUT2D eigenvalue weighted by Crippen LogP contribution is 2.35. The van der Waals surface area contributed by atoms with Crippen LogP contribution in [0.15, 0.2) is 71.6 Å². The third-order valence-electron chi connectivity index (χ3n) is 6.08. The van der Waals surface area contributed by atoms with E-state index in [1.54, 1.807) is 32.0 Å². The van der Waals surface area contributed by atoms with Crippen molar-refractivity contribution in [3.8, 4) is 5.75 Å². The lowest BCUT2D eigenvalue weighted by Crippen LogP contribution is -2.51. The molecule has 0 saturated carbocycles. The number of sulfonamides is 1. The second-order valence-corrected chi connectivity index (χ2v) is 11.2. The maximum Gasteiger partial charge on any atom is 0.264 e. The number of amides is 2. The Kier molecular flexibility index (Phi) is 9.93. The number of nitrogens with one attached hydrogen (secondary N) is 1. The number of rotatable bonds is 11. The summed E-state index contributed by atoms with van der Waals surface area (Å²) < 4.78 is 47.7. The number of methoxy groups -OCH3 is 1. The van der Waals surface area contributed by atoms with E-state index in [0.717, 1.165) is 9.87 Å². The SMILES string of the molecule is CCNC(=O)C(C)N(Cc1ccc(F)cc1)C(=O)CN(c1cc(Cl)ccc1OC)S(=O)(=O)c1ccc(C)cc1. The van der Waals surface area contributed by atoms with Crippen LogP contribution in [0.1, 0.15) is 25.0 Å². The highest BCUT2D eigenvalue weighted by atomic mass is 35.5. The summed E-state index contributed by atoms with van der Waals surface area (Å²) in [6, 6.07) is 15.2. The Morgan fingerprint density at radius 2 is 1.69 bits per heavy atom. The molecule has 39 heavy (non-hydrogen) atoms. The Morgan fingerprint density at radius 3 is 2.28 bits per heavy atom. The summed E-state index contributed by atoms with van der Waals surface area (Å²) in [7, 11) is -2.91. The van der Waals surface area contributed by atoms with E-state index in [1.165, 1.54) is 60.5 Å². The van der Waals surface area contributed by atoms with E-state index in [0.29, 0.717) is 12.1 Å². The van der Waals surface area contributed by atoms with E-state index in [-0.39, 0.29) is 27.9 Å². The molecule has 11 heteroatoms. The first-order valence-electron chi connectivity index (χ1n) is 12.2. The maximum absolute atomic E-state index is 13.9. The average molecular weight is 576 g/mol. The van der Waals surface area contributed by atoms with Gasteiger partial charge in [-0.05, 0) is 68.8 Å². The highest BCUT2D eigenvalue weighted by molar-refractivity contribution is 7.92. The van der Waals surface area contributed by atoms with Crippen molar-refractivity contribution < 1.29 is 27.1 Å². The molecule has 0 aliphatic carbocycles. The first kappa shape index (κ1) is 29.9. The van der Waals surface area contributed by atoms with Crippen LogP contribution in [0.4, 0.5) is 10.1 Å². The molecule has 0 spiro atoms.